The molecule has 0 aliphatic heterocycles. The molecule has 0 fully saturated rings. The van der Waals surface area contributed by atoms with Gasteiger partial charge in [-0.25, -0.2) is 0 Å². The first-order valence-electron chi connectivity index (χ1n) is 7.64. The molecule has 0 aliphatic carbocycles. The Morgan fingerprint density at radius 1 is 0.762 bits per heavy atom. The van der Waals surface area contributed by atoms with E-state index in [1.165, 1.54) is 11.1 Å². The van der Waals surface area contributed by atoms with E-state index in [2.05, 4.69) is 81.4 Å². The third-order valence-corrected chi connectivity index (χ3v) is 4.75. The van der Waals surface area contributed by atoms with E-state index in [1.54, 1.807) is 0 Å². The molecule has 0 aliphatic rings. The Balaban J connectivity index is 2.47. The minimum atomic E-state index is -0.304. The molecule has 2 aromatic rings. The number of hydrogen-bond donors (Lipinski definition) is 0. The van der Waals surface area contributed by atoms with E-state index in [9.17, 15) is 0 Å². The van der Waals surface area contributed by atoms with Crippen LogP contribution in [0.3, 0.4) is 0 Å². The van der Waals surface area contributed by atoms with Gasteiger partial charge in [-0.3, -0.25) is 0 Å². The molecule has 0 unspecified atom stereocenters. The van der Waals surface area contributed by atoms with Gasteiger partial charge in [0.25, 0.3) is 0 Å². The molecule has 0 bridgehead atoms. The summed E-state index contributed by atoms with van der Waals surface area (Å²) < 4.78 is 6.24. The molecule has 0 heterocycles. The third kappa shape index (κ3) is 3.83. The first-order chi connectivity index (χ1) is 9.98. The lowest BCUT2D eigenvalue weighted by Crippen LogP contribution is -2.32. The van der Waals surface area contributed by atoms with Gasteiger partial charge in [0.05, 0.1) is 0 Å². The van der Waals surface area contributed by atoms with E-state index in [-0.39, 0.29) is 5.60 Å². The van der Waals surface area contributed by atoms with Crippen molar-refractivity contribution in [2.75, 3.05) is 0 Å². The largest absolute Gasteiger partial charge is 0.414 e. The Labute approximate surface area is 131 Å². The van der Waals surface area contributed by atoms with Crippen LogP contribution in [-0.4, -0.2) is 10.5 Å². The Morgan fingerprint density at radius 3 is 1.52 bits per heavy atom. The molecule has 2 rings (SSSR count). The standard InChI is InChI=1S/C19H26OSi/c1-18(2,3)14-15-19(20-21,16-10-6-4-7-11-16)17-12-8-5-9-13-17/h4-13H,14-15H2,1-3,21H3. The minimum absolute atomic E-state index is 0.300. The van der Waals surface area contributed by atoms with Gasteiger partial charge in [-0.05, 0) is 29.4 Å². The smallest absolute Gasteiger partial charge is 0.147 e. The van der Waals surface area contributed by atoms with Crippen molar-refractivity contribution < 1.29 is 4.43 Å². The summed E-state index contributed by atoms with van der Waals surface area (Å²) in [5.74, 6) is 0. The zero-order chi connectivity index (χ0) is 15.3. The van der Waals surface area contributed by atoms with Crippen LogP contribution in [0.1, 0.15) is 44.7 Å². The van der Waals surface area contributed by atoms with Gasteiger partial charge in [-0.15, -0.1) is 0 Å². The van der Waals surface area contributed by atoms with Crippen LogP contribution in [0.5, 0.6) is 0 Å². The summed E-state index contributed by atoms with van der Waals surface area (Å²) in [6.07, 6.45) is 2.13. The van der Waals surface area contributed by atoms with Crippen LogP contribution in [0.2, 0.25) is 0 Å². The van der Waals surface area contributed by atoms with Crippen molar-refractivity contribution >= 4 is 10.5 Å². The summed E-state index contributed by atoms with van der Waals surface area (Å²) in [6.45, 7) is 6.88. The van der Waals surface area contributed by atoms with E-state index in [1.807, 2.05) is 0 Å². The first-order valence-corrected chi connectivity index (χ1v) is 8.46. The predicted molar refractivity (Wildman–Crippen MR) is 93.4 cm³/mol. The Kier molecular flexibility index (Phi) is 5.02. The lowest BCUT2D eigenvalue weighted by Gasteiger charge is -2.36. The summed E-state index contributed by atoms with van der Waals surface area (Å²) in [5, 5.41) is 0. The number of hydrogen-bond acceptors (Lipinski definition) is 1. The molecule has 1 nitrogen and oxygen atoms in total. The highest BCUT2D eigenvalue weighted by Gasteiger charge is 2.34. The van der Waals surface area contributed by atoms with Crippen molar-refractivity contribution in [3.05, 3.63) is 71.8 Å². The van der Waals surface area contributed by atoms with Gasteiger partial charge < -0.3 is 4.43 Å². The normalized spacial score (nSPS) is 12.5. The first kappa shape index (κ1) is 16.0. The van der Waals surface area contributed by atoms with Crippen LogP contribution < -0.4 is 0 Å². The summed E-state index contributed by atoms with van der Waals surface area (Å²) in [5.41, 5.74) is 2.52. The third-order valence-electron chi connectivity index (χ3n) is 4.06. The number of benzene rings is 2. The van der Waals surface area contributed by atoms with Crippen molar-refractivity contribution in [2.45, 2.75) is 39.2 Å². The summed E-state index contributed by atoms with van der Waals surface area (Å²) in [4.78, 5) is 0. The maximum Gasteiger partial charge on any atom is 0.147 e. The molecule has 21 heavy (non-hydrogen) atoms. The fourth-order valence-electron chi connectivity index (χ4n) is 2.76. The van der Waals surface area contributed by atoms with Gasteiger partial charge >= 0.3 is 0 Å². The fraction of sp³-hybridized carbons (Fsp3) is 0.368. The van der Waals surface area contributed by atoms with E-state index in [4.69, 9.17) is 4.43 Å². The van der Waals surface area contributed by atoms with Crippen LogP contribution in [0.4, 0.5) is 0 Å². The SMILES string of the molecule is CC(C)(C)CCC(O[SiH3])(c1ccccc1)c1ccccc1. The fourth-order valence-corrected chi connectivity index (χ4v) is 3.43. The monoisotopic (exact) mass is 298 g/mol. The lowest BCUT2D eigenvalue weighted by molar-refractivity contribution is 0.0969. The van der Waals surface area contributed by atoms with Crippen LogP contribution in [0.15, 0.2) is 60.7 Å². The van der Waals surface area contributed by atoms with Crippen molar-refractivity contribution in [3.8, 4) is 0 Å². The molecular weight excluding hydrogens is 272 g/mol. The molecule has 0 spiro atoms. The van der Waals surface area contributed by atoms with Crippen molar-refractivity contribution in [2.24, 2.45) is 5.41 Å². The highest BCUT2D eigenvalue weighted by atomic mass is 28.2. The highest BCUT2D eigenvalue weighted by Crippen LogP contribution is 2.40. The average molecular weight is 299 g/mol. The van der Waals surface area contributed by atoms with Gasteiger partial charge in [-0.2, -0.15) is 0 Å². The van der Waals surface area contributed by atoms with Crippen molar-refractivity contribution in [3.63, 3.8) is 0 Å². The van der Waals surface area contributed by atoms with E-state index in [0.29, 0.717) is 15.9 Å². The quantitative estimate of drug-likeness (QED) is 0.757. The lowest BCUT2D eigenvalue weighted by atomic mass is 9.78. The topological polar surface area (TPSA) is 9.23 Å². The Hall–Kier alpha value is -1.38. The maximum absolute atomic E-state index is 6.24. The van der Waals surface area contributed by atoms with Gasteiger partial charge in [0, 0.05) is 0 Å². The molecule has 0 saturated carbocycles. The van der Waals surface area contributed by atoms with Crippen molar-refractivity contribution in [1.29, 1.82) is 0 Å². The maximum atomic E-state index is 6.24. The highest BCUT2D eigenvalue weighted by molar-refractivity contribution is 5.98. The van der Waals surface area contributed by atoms with Gasteiger partial charge in [0.2, 0.25) is 0 Å². The Bertz CT molecular complexity index is 503. The molecule has 112 valence electrons. The van der Waals surface area contributed by atoms with E-state index < -0.39 is 0 Å². The molecule has 0 aromatic heterocycles. The van der Waals surface area contributed by atoms with E-state index in [0.717, 1.165) is 12.8 Å². The van der Waals surface area contributed by atoms with Crippen LogP contribution in [0.25, 0.3) is 0 Å². The van der Waals surface area contributed by atoms with Crippen LogP contribution in [-0.2, 0) is 10.0 Å². The zero-order valence-electron chi connectivity index (χ0n) is 13.6. The molecule has 2 aromatic carbocycles. The molecule has 0 N–H and O–H groups in total. The number of rotatable bonds is 5. The van der Waals surface area contributed by atoms with Gasteiger partial charge in [0.1, 0.15) is 16.1 Å². The molecule has 0 saturated heterocycles. The Morgan fingerprint density at radius 2 is 1.19 bits per heavy atom. The summed E-state index contributed by atoms with van der Waals surface area (Å²) in [7, 11) is 0.717. The molecule has 0 amide bonds. The average Bonchev–Trinajstić information content (AvgIpc) is 2.49. The zero-order valence-corrected chi connectivity index (χ0v) is 15.6. The van der Waals surface area contributed by atoms with Crippen molar-refractivity contribution in [1.82, 2.24) is 0 Å². The molecule has 0 radical (unpaired) electrons. The van der Waals surface area contributed by atoms with Crippen LogP contribution in [0, 0.1) is 5.41 Å². The van der Waals surface area contributed by atoms with Crippen LogP contribution >= 0.6 is 0 Å². The predicted octanol–water partition coefficient (Wildman–Crippen LogP) is 4.05. The second-order valence-electron chi connectivity index (χ2n) is 6.82. The summed E-state index contributed by atoms with van der Waals surface area (Å²) in [6, 6.07) is 21.3. The van der Waals surface area contributed by atoms with E-state index >= 15 is 0 Å². The summed E-state index contributed by atoms with van der Waals surface area (Å²) >= 11 is 0. The minimum Gasteiger partial charge on any atom is -0.414 e. The second kappa shape index (κ2) is 6.59. The molecule has 2 heteroatoms. The molecule has 0 atom stereocenters. The second-order valence-corrected chi connectivity index (χ2v) is 7.23. The molecular formula is C19H26OSi. The van der Waals surface area contributed by atoms with Gasteiger partial charge in [0.15, 0.2) is 0 Å². The van der Waals surface area contributed by atoms with Gasteiger partial charge in [-0.1, -0.05) is 81.4 Å².